The molecule has 0 fully saturated rings. The Kier molecular flexibility index (Phi) is 15.3. The van der Waals surface area contributed by atoms with E-state index in [0.717, 1.165) is 23.6 Å². The predicted octanol–water partition coefficient (Wildman–Crippen LogP) is 8.75. The van der Waals surface area contributed by atoms with E-state index in [4.69, 9.17) is 4.74 Å². The lowest BCUT2D eigenvalue weighted by molar-refractivity contribution is -0.144. The van der Waals surface area contributed by atoms with Gasteiger partial charge in [0.25, 0.3) is 5.56 Å². The minimum Gasteiger partial charge on any atom is -0.466 e. The van der Waals surface area contributed by atoms with Crippen LogP contribution in [0.5, 0.6) is 0 Å². The molecule has 7 nitrogen and oxygen atoms in total. The van der Waals surface area contributed by atoms with Gasteiger partial charge < -0.3 is 19.5 Å². The van der Waals surface area contributed by atoms with Crippen LogP contribution in [-0.4, -0.2) is 48.6 Å². The number of likely N-dealkylation sites (N-methyl/N-ethyl adjacent to an activating group) is 1. The Morgan fingerprint density at radius 1 is 1.02 bits per heavy atom. The number of hydrogen-bond acceptors (Lipinski definition) is 5. The molecule has 0 saturated carbocycles. The largest absolute Gasteiger partial charge is 0.466 e. The molecule has 3 aromatic rings. The summed E-state index contributed by atoms with van der Waals surface area (Å²) in [5.41, 5.74) is 0.824. The Labute approximate surface area is 308 Å². The van der Waals surface area contributed by atoms with Crippen molar-refractivity contribution in [2.75, 3.05) is 27.2 Å². The van der Waals surface area contributed by atoms with E-state index >= 15 is 4.39 Å². The highest BCUT2D eigenvalue weighted by molar-refractivity contribution is 5.82. The maximum atomic E-state index is 16.2. The zero-order valence-corrected chi connectivity index (χ0v) is 31.6. The van der Waals surface area contributed by atoms with Gasteiger partial charge in [-0.2, -0.15) is 13.2 Å². The molecular weight excluding hydrogens is 693 g/mol. The van der Waals surface area contributed by atoms with Crippen LogP contribution in [0.25, 0.3) is 11.1 Å². The van der Waals surface area contributed by atoms with E-state index in [0.29, 0.717) is 40.3 Å². The molecule has 0 unspecified atom stereocenters. The van der Waals surface area contributed by atoms with Crippen molar-refractivity contribution < 1.29 is 36.3 Å². The van der Waals surface area contributed by atoms with E-state index in [1.807, 2.05) is 19.1 Å². The standard InChI is InChI=1S/C41H50F5N3O4/c1-9-11-12-13-14-28-20-31(42)19-26(5)38(28)30-18-27(6)39(43)32(21-30)34(23-37(51)53-10-2)47-40(52)35(17-25(3)4)49-24-29(15-16-48(7)8)33(22-36(49)50)41(44,45)46/h9,11,18-22,24,34-35H,3,10,12-17,23H2,1-2,4-8H3,(H,47,52)/t34-,35-/m0/s1. The van der Waals surface area contributed by atoms with Crippen molar-refractivity contribution in [2.24, 2.45) is 0 Å². The number of allylic oxidation sites excluding steroid dienone is 3. The van der Waals surface area contributed by atoms with Crippen molar-refractivity contribution in [3.63, 3.8) is 0 Å². The second-order valence-corrected chi connectivity index (χ2v) is 13.7. The van der Waals surface area contributed by atoms with Crippen LogP contribution >= 0.6 is 0 Å². The van der Waals surface area contributed by atoms with Crippen LogP contribution in [-0.2, 0) is 33.3 Å². The van der Waals surface area contributed by atoms with E-state index in [-0.39, 0.29) is 42.7 Å². The number of unbranched alkanes of at least 4 members (excludes halogenated alkanes) is 1. The summed E-state index contributed by atoms with van der Waals surface area (Å²) in [6.45, 7) is 12.5. The monoisotopic (exact) mass is 743 g/mol. The fourth-order valence-corrected chi connectivity index (χ4v) is 6.38. The van der Waals surface area contributed by atoms with Crippen molar-refractivity contribution in [1.29, 1.82) is 0 Å². The molecule has 12 heteroatoms. The lowest BCUT2D eigenvalue weighted by Gasteiger charge is -2.26. The zero-order chi connectivity index (χ0) is 39.6. The van der Waals surface area contributed by atoms with E-state index in [2.05, 4.69) is 11.9 Å². The van der Waals surface area contributed by atoms with Crippen molar-refractivity contribution in [3.8, 4) is 11.1 Å². The number of alkyl halides is 3. The van der Waals surface area contributed by atoms with Crippen LogP contribution in [0.2, 0.25) is 0 Å². The SMILES string of the molecule is C=C(C)C[C@@H](C(=O)N[C@@H](CC(=O)OCC)c1cc(-c2c(C)cc(F)cc2CCCC=CC)cc(C)c1F)n1cc(CCN(C)C)c(C(F)(F)F)cc1=O. The molecule has 1 heterocycles. The summed E-state index contributed by atoms with van der Waals surface area (Å²) < 4.78 is 79.1. The molecule has 0 bridgehead atoms. The van der Waals surface area contributed by atoms with Crippen molar-refractivity contribution in [1.82, 2.24) is 14.8 Å². The van der Waals surface area contributed by atoms with Gasteiger partial charge in [-0.1, -0.05) is 17.7 Å². The van der Waals surface area contributed by atoms with Crippen LogP contribution < -0.4 is 10.9 Å². The Balaban J connectivity index is 2.20. The number of pyridine rings is 1. The summed E-state index contributed by atoms with van der Waals surface area (Å²) in [7, 11) is 3.40. The first kappa shape index (κ1) is 42.8. The third-order valence-corrected chi connectivity index (χ3v) is 8.85. The first-order valence-electron chi connectivity index (χ1n) is 17.7. The fraction of sp³-hybridized carbons (Fsp3) is 0.439. The molecule has 1 aromatic heterocycles. The van der Waals surface area contributed by atoms with E-state index in [1.54, 1.807) is 45.8 Å². The highest BCUT2D eigenvalue weighted by atomic mass is 19.4. The highest BCUT2D eigenvalue weighted by Gasteiger charge is 2.36. The molecule has 0 spiro atoms. The van der Waals surface area contributed by atoms with Crippen molar-refractivity contribution >= 4 is 11.9 Å². The smallest absolute Gasteiger partial charge is 0.416 e. The molecule has 1 amide bonds. The minimum absolute atomic E-state index is 0.0152. The van der Waals surface area contributed by atoms with Gasteiger partial charge in [0.2, 0.25) is 5.91 Å². The van der Waals surface area contributed by atoms with Gasteiger partial charge in [0.05, 0.1) is 24.6 Å². The molecule has 1 N–H and O–H groups in total. The van der Waals surface area contributed by atoms with Crippen LogP contribution in [0.15, 0.2) is 65.6 Å². The Morgan fingerprint density at radius 2 is 1.72 bits per heavy atom. The maximum absolute atomic E-state index is 16.2. The molecular formula is C41H50F5N3O4. The number of amides is 1. The molecule has 3 rings (SSSR count). The second kappa shape index (κ2) is 19.0. The second-order valence-electron chi connectivity index (χ2n) is 13.7. The predicted molar refractivity (Wildman–Crippen MR) is 198 cm³/mol. The number of carbonyl (C=O) groups is 2. The normalized spacial score (nSPS) is 13.0. The number of benzene rings is 2. The number of aromatic nitrogens is 1. The Bertz CT molecular complexity index is 1880. The Hall–Kier alpha value is -4.58. The van der Waals surface area contributed by atoms with E-state index in [9.17, 15) is 31.9 Å². The first-order valence-corrected chi connectivity index (χ1v) is 17.7. The lowest BCUT2D eigenvalue weighted by atomic mass is 9.88. The number of esters is 1. The van der Waals surface area contributed by atoms with Gasteiger partial charge >= 0.3 is 12.1 Å². The summed E-state index contributed by atoms with van der Waals surface area (Å²) in [5, 5.41) is 2.72. The number of rotatable bonds is 17. The van der Waals surface area contributed by atoms with Crippen LogP contribution in [0.3, 0.4) is 0 Å². The average molecular weight is 744 g/mol. The third kappa shape index (κ3) is 11.7. The summed E-state index contributed by atoms with van der Waals surface area (Å²) >= 11 is 0. The minimum atomic E-state index is -4.81. The molecule has 0 aliphatic heterocycles. The van der Waals surface area contributed by atoms with Crippen molar-refractivity contribution in [2.45, 2.75) is 91.4 Å². The summed E-state index contributed by atoms with van der Waals surface area (Å²) in [4.78, 5) is 42.1. The molecule has 0 saturated heterocycles. The quantitative estimate of drug-likeness (QED) is 0.0648. The molecule has 288 valence electrons. The van der Waals surface area contributed by atoms with E-state index < -0.39 is 59.3 Å². The number of ether oxygens (including phenoxy) is 1. The highest BCUT2D eigenvalue weighted by Crippen LogP contribution is 2.36. The van der Waals surface area contributed by atoms with Gasteiger partial charge in [-0.3, -0.25) is 14.4 Å². The lowest BCUT2D eigenvalue weighted by Crippen LogP contribution is -2.40. The number of carbonyl (C=O) groups excluding carboxylic acids is 2. The fourth-order valence-electron chi connectivity index (χ4n) is 6.38. The van der Waals surface area contributed by atoms with Gasteiger partial charge in [0, 0.05) is 24.4 Å². The molecule has 0 aliphatic rings. The van der Waals surface area contributed by atoms with Gasteiger partial charge in [0.15, 0.2) is 0 Å². The topological polar surface area (TPSA) is 80.6 Å². The summed E-state index contributed by atoms with van der Waals surface area (Å²) in [6.07, 6.45) is 1.53. The maximum Gasteiger partial charge on any atom is 0.416 e. The van der Waals surface area contributed by atoms with Gasteiger partial charge in [-0.25, -0.2) is 8.78 Å². The van der Waals surface area contributed by atoms with Crippen LogP contribution in [0.1, 0.15) is 91.9 Å². The van der Waals surface area contributed by atoms with Crippen LogP contribution in [0.4, 0.5) is 22.0 Å². The van der Waals surface area contributed by atoms with Crippen molar-refractivity contribution in [3.05, 3.63) is 116 Å². The summed E-state index contributed by atoms with van der Waals surface area (Å²) in [5.74, 6) is -2.69. The number of aryl methyl sites for hydroxylation is 3. The molecule has 2 atom stereocenters. The van der Waals surface area contributed by atoms with Gasteiger partial charge in [-0.15, -0.1) is 6.58 Å². The van der Waals surface area contributed by atoms with Gasteiger partial charge in [-0.05, 0) is 138 Å². The first-order chi connectivity index (χ1) is 24.9. The molecule has 0 radical (unpaired) electrons. The third-order valence-electron chi connectivity index (χ3n) is 8.85. The number of nitrogens with zero attached hydrogens (tertiary/aromatic N) is 2. The number of hydrogen-bond donors (Lipinski definition) is 1. The molecule has 0 aliphatic carbocycles. The number of nitrogens with one attached hydrogen (secondary N) is 1. The van der Waals surface area contributed by atoms with Crippen LogP contribution in [0, 0.1) is 25.5 Å². The summed E-state index contributed by atoms with van der Waals surface area (Å²) in [6, 6.07) is 3.75. The molecule has 2 aromatic carbocycles. The molecule has 53 heavy (non-hydrogen) atoms. The van der Waals surface area contributed by atoms with Gasteiger partial charge in [0.1, 0.15) is 17.7 Å². The van der Waals surface area contributed by atoms with E-state index in [1.165, 1.54) is 25.1 Å². The number of halogens is 5. The Morgan fingerprint density at radius 3 is 2.32 bits per heavy atom. The zero-order valence-electron chi connectivity index (χ0n) is 31.6. The average Bonchev–Trinajstić information content (AvgIpc) is 3.05.